The molecule has 0 amide bonds. The first-order valence-corrected chi connectivity index (χ1v) is 7.38. The van der Waals surface area contributed by atoms with Crippen molar-refractivity contribution in [1.82, 2.24) is 14.8 Å². The van der Waals surface area contributed by atoms with Crippen LogP contribution in [0, 0.1) is 19.8 Å². The largest absolute Gasteiger partial charge is 0.476 e. The van der Waals surface area contributed by atoms with E-state index in [0.717, 1.165) is 23.6 Å². The van der Waals surface area contributed by atoms with Crippen molar-refractivity contribution in [3.8, 4) is 11.7 Å². The van der Waals surface area contributed by atoms with Crippen LogP contribution in [0.2, 0.25) is 0 Å². The van der Waals surface area contributed by atoms with Gasteiger partial charge in [0.15, 0.2) is 5.82 Å². The second kappa shape index (κ2) is 6.16. The van der Waals surface area contributed by atoms with Crippen molar-refractivity contribution in [2.24, 2.45) is 5.92 Å². The van der Waals surface area contributed by atoms with Crippen LogP contribution in [0.4, 0.5) is 5.69 Å². The van der Waals surface area contributed by atoms with E-state index in [0.29, 0.717) is 24.1 Å². The molecule has 5 heteroatoms. The first-order chi connectivity index (χ1) is 9.93. The molecule has 0 saturated carbocycles. The summed E-state index contributed by atoms with van der Waals surface area (Å²) in [4.78, 5) is 4.52. The Morgan fingerprint density at radius 3 is 2.57 bits per heavy atom. The summed E-state index contributed by atoms with van der Waals surface area (Å²) in [5.74, 6) is 1.64. The quantitative estimate of drug-likeness (QED) is 0.918. The fourth-order valence-electron chi connectivity index (χ4n) is 2.33. The molecular weight excluding hydrogens is 264 g/mol. The molecule has 0 unspecified atom stereocenters. The minimum absolute atomic E-state index is 0.426. The highest BCUT2D eigenvalue weighted by molar-refractivity contribution is 5.51. The molecule has 0 aliphatic heterocycles. The second-order valence-corrected chi connectivity index (χ2v) is 5.68. The number of anilines is 1. The topological polar surface area (TPSA) is 66.0 Å². The Hall–Kier alpha value is -2.04. The van der Waals surface area contributed by atoms with E-state index < -0.39 is 0 Å². The average molecular weight is 288 g/mol. The van der Waals surface area contributed by atoms with Crippen LogP contribution in [0.1, 0.15) is 37.7 Å². The molecule has 114 valence electrons. The van der Waals surface area contributed by atoms with E-state index in [4.69, 9.17) is 10.5 Å². The van der Waals surface area contributed by atoms with Crippen molar-refractivity contribution in [2.45, 2.75) is 41.0 Å². The average Bonchev–Trinajstić information content (AvgIpc) is 2.72. The molecule has 0 aliphatic carbocycles. The van der Waals surface area contributed by atoms with E-state index in [9.17, 15) is 0 Å². The van der Waals surface area contributed by atoms with Gasteiger partial charge in [-0.05, 0) is 43.9 Å². The van der Waals surface area contributed by atoms with Crippen molar-refractivity contribution in [3.05, 3.63) is 29.1 Å². The summed E-state index contributed by atoms with van der Waals surface area (Å²) >= 11 is 0. The van der Waals surface area contributed by atoms with Crippen LogP contribution >= 0.6 is 0 Å². The lowest BCUT2D eigenvalue weighted by atomic mass is 10.1. The number of nitrogens with zero attached hydrogens (tertiary/aromatic N) is 3. The maximum atomic E-state index is 5.94. The third kappa shape index (κ3) is 3.17. The van der Waals surface area contributed by atoms with Gasteiger partial charge in [0.1, 0.15) is 0 Å². The highest BCUT2D eigenvalue weighted by Crippen LogP contribution is 2.23. The van der Waals surface area contributed by atoms with E-state index in [1.54, 1.807) is 0 Å². The number of aromatic nitrogens is 3. The van der Waals surface area contributed by atoms with E-state index in [2.05, 4.69) is 37.8 Å². The first kappa shape index (κ1) is 15.4. The molecule has 2 heterocycles. The maximum absolute atomic E-state index is 5.94. The molecule has 0 atom stereocenters. The van der Waals surface area contributed by atoms with E-state index >= 15 is 0 Å². The fraction of sp³-hybridized carbons (Fsp3) is 0.500. The minimum atomic E-state index is 0.426. The molecule has 2 rings (SSSR count). The molecule has 2 aromatic heterocycles. The maximum Gasteiger partial charge on any atom is 0.239 e. The van der Waals surface area contributed by atoms with E-state index in [1.807, 2.05) is 23.7 Å². The predicted molar refractivity (Wildman–Crippen MR) is 85.0 cm³/mol. The Balaban J connectivity index is 2.39. The van der Waals surface area contributed by atoms with Crippen LogP contribution < -0.4 is 10.5 Å². The number of hydrogen-bond acceptors (Lipinski definition) is 4. The molecule has 0 bridgehead atoms. The van der Waals surface area contributed by atoms with Gasteiger partial charge in [0.2, 0.25) is 5.88 Å². The van der Waals surface area contributed by atoms with Gasteiger partial charge in [-0.3, -0.25) is 0 Å². The first-order valence-electron chi connectivity index (χ1n) is 7.38. The number of ether oxygens (including phenoxy) is 1. The van der Waals surface area contributed by atoms with Gasteiger partial charge in [0, 0.05) is 5.69 Å². The van der Waals surface area contributed by atoms with Crippen LogP contribution in [-0.2, 0) is 6.42 Å². The summed E-state index contributed by atoms with van der Waals surface area (Å²) < 4.78 is 7.54. The highest BCUT2D eigenvalue weighted by Gasteiger charge is 2.14. The molecule has 21 heavy (non-hydrogen) atoms. The number of rotatable bonds is 5. The van der Waals surface area contributed by atoms with Gasteiger partial charge in [-0.1, -0.05) is 20.8 Å². The fourth-order valence-corrected chi connectivity index (χ4v) is 2.33. The van der Waals surface area contributed by atoms with Crippen LogP contribution in [0.5, 0.6) is 5.88 Å². The molecule has 0 aliphatic rings. The van der Waals surface area contributed by atoms with E-state index in [-0.39, 0.29) is 0 Å². The standard InChI is InChI=1S/C16H24N4O/c1-6-13-11(4)19-20(12(13)5)15-8-7-14(17)16(18-15)21-9-10(2)3/h7-8,10H,6,9,17H2,1-5H3. The van der Waals surface area contributed by atoms with Gasteiger partial charge in [0.25, 0.3) is 0 Å². The van der Waals surface area contributed by atoms with Gasteiger partial charge < -0.3 is 10.5 Å². The summed E-state index contributed by atoms with van der Waals surface area (Å²) in [6, 6.07) is 3.69. The molecule has 2 N–H and O–H groups in total. The van der Waals surface area contributed by atoms with Crippen molar-refractivity contribution < 1.29 is 4.74 Å². The number of nitrogens with two attached hydrogens (primary N) is 1. The Morgan fingerprint density at radius 2 is 2.00 bits per heavy atom. The third-order valence-corrected chi connectivity index (χ3v) is 3.44. The molecule has 2 aromatic rings. The third-order valence-electron chi connectivity index (χ3n) is 3.44. The summed E-state index contributed by atoms with van der Waals surface area (Å²) in [5.41, 5.74) is 9.90. The lowest BCUT2D eigenvalue weighted by molar-refractivity contribution is 0.262. The molecule has 5 nitrogen and oxygen atoms in total. The van der Waals surface area contributed by atoms with Crippen molar-refractivity contribution in [2.75, 3.05) is 12.3 Å². The molecule has 0 radical (unpaired) electrons. The Labute approximate surface area is 126 Å². The Kier molecular flexibility index (Phi) is 4.50. The normalized spacial score (nSPS) is 11.1. The molecule has 0 spiro atoms. The van der Waals surface area contributed by atoms with Crippen molar-refractivity contribution >= 4 is 5.69 Å². The van der Waals surface area contributed by atoms with Gasteiger partial charge in [0.05, 0.1) is 18.0 Å². The van der Waals surface area contributed by atoms with Crippen LogP contribution in [0.25, 0.3) is 5.82 Å². The SMILES string of the molecule is CCc1c(C)nn(-c2ccc(N)c(OCC(C)C)n2)c1C. The molecule has 0 fully saturated rings. The molecule has 0 aromatic carbocycles. The van der Waals surface area contributed by atoms with Gasteiger partial charge in [-0.15, -0.1) is 0 Å². The monoisotopic (exact) mass is 288 g/mol. The lowest BCUT2D eigenvalue weighted by Crippen LogP contribution is -2.10. The van der Waals surface area contributed by atoms with Crippen LogP contribution in [0.15, 0.2) is 12.1 Å². The van der Waals surface area contributed by atoms with Crippen LogP contribution in [0.3, 0.4) is 0 Å². The summed E-state index contributed by atoms with van der Waals surface area (Å²) in [7, 11) is 0. The molecular formula is C16H24N4O. The van der Waals surface area contributed by atoms with Gasteiger partial charge in [-0.2, -0.15) is 10.1 Å². The molecule has 0 saturated heterocycles. The Morgan fingerprint density at radius 1 is 1.29 bits per heavy atom. The van der Waals surface area contributed by atoms with Crippen molar-refractivity contribution in [1.29, 1.82) is 0 Å². The number of aryl methyl sites for hydroxylation is 1. The second-order valence-electron chi connectivity index (χ2n) is 5.68. The number of pyridine rings is 1. The summed E-state index contributed by atoms with van der Waals surface area (Å²) in [5, 5.41) is 4.58. The highest BCUT2D eigenvalue weighted by atomic mass is 16.5. The minimum Gasteiger partial charge on any atom is -0.476 e. The number of nitrogen functional groups attached to an aromatic ring is 1. The lowest BCUT2D eigenvalue weighted by Gasteiger charge is -2.12. The zero-order valence-electron chi connectivity index (χ0n) is 13.5. The number of hydrogen-bond donors (Lipinski definition) is 1. The summed E-state index contributed by atoms with van der Waals surface area (Å²) in [6.45, 7) is 11.0. The summed E-state index contributed by atoms with van der Waals surface area (Å²) in [6.07, 6.45) is 0.962. The zero-order chi connectivity index (χ0) is 15.6. The predicted octanol–water partition coefficient (Wildman–Crippen LogP) is 3.06. The Bertz CT molecular complexity index is 631. The van der Waals surface area contributed by atoms with Crippen LogP contribution in [-0.4, -0.2) is 21.4 Å². The van der Waals surface area contributed by atoms with Gasteiger partial charge in [-0.25, -0.2) is 4.68 Å². The van der Waals surface area contributed by atoms with E-state index in [1.165, 1.54) is 5.56 Å². The zero-order valence-corrected chi connectivity index (χ0v) is 13.5. The van der Waals surface area contributed by atoms with Gasteiger partial charge >= 0.3 is 0 Å². The smallest absolute Gasteiger partial charge is 0.239 e. The van der Waals surface area contributed by atoms with Crippen molar-refractivity contribution in [3.63, 3.8) is 0 Å².